The van der Waals surface area contributed by atoms with Gasteiger partial charge < -0.3 is 20.1 Å². The average molecular weight is 278 g/mol. The minimum absolute atomic E-state index is 0.0295. The van der Waals surface area contributed by atoms with Gasteiger partial charge in [0.25, 0.3) is 0 Å². The number of carbonyl (C=O) groups excluding carboxylic acids is 1. The van der Waals surface area contributed by atoms with E-state index in [0.717, 1.165) is 18.4 Å². The van der Waals surface area contributed by atoms with Crippen molar-refractivity contribution >= 4 is 17.7 Å². The number of methoxy groups -OCH3 is 1. The summed E-state index contributed by atoms with van der Waals surface area (Å²) < 4.78 is 5.19. The van der Waals surface area contributed by atoms with Crippen molar-refractivity contribution in [2.75, 3.05) is 19.0 Å². The van der Waals surface area contributed by atoms with Gasteiger partial charge in [0.15, 0.2) is 0 Å². The van der Waals surface area contributed by atoms with Gasteiger partial charge in [-0.05, 0) is 37.5 Å². The third-order valence-corrected chi connectivity index (χ3v) is 3.15. The summed E-state index contributed by atoms with van der Waals surface area (Å²) in [6, 6.07) is 5.07. The van der Waals surface area contributed by atoms with Crippen molar-refractivity contribution < 1.29 is 19.4 Å². The number of carbonyl (C=O) groups is 2. The molecular weight excluding hydrogens is 260 g/mol. The molecule has 20 heavy (non-hydrogen) atoms. The third-order valence-electron chi connectivity index (χ3n) is 3.15. The summed E-state index contributed by atoms with van der Waals surface area (Å²) >= 11 is 0. The van der Waals surface area contributed by atoms with E-state index in [0.29, 0.717) is 11.4 Å². The van der Waals surface area contributed by atoms with Crippen LogP contribution in [0.25, 0.3) is 0 Å². The zero-order valence-corrected chi connectivity index (χ0v) is 11.5. The molecule has 1 aromatic carbocycles. The number of ether oxygens (including phenoxy) is 1. The molecule has 0 spiro atoms. The lowest BCUT2D eigenvalue weighted by Gasteiger charge is -2.21. The molecule has 0 aromatic heterocycles. The molecule has 1 fully saturated rings. The highest BCUT2D eigenvalue weighted by atomic mass is 16.5. The smallest absolute Gasteiger partial charge is 0.323 e. The van der Waals surface area contributed by atoms with E-state index in [4.69, 9.17) is 9.84 Å². The second-order valence-corrected chi connectivity index (χ2v) is 4.89. The van der Waals surface area contributed by atoms with Gasteiger partial charge in [-0.25, -0.2) is 4.79 Å². The van der Waals surface area contributed by atoms with Crippen molar-refractivity contribution in [1.82, 2.24) is 4.90 Å². The highest BCUT2D eigenvalue weighted by molar-refractivity contribution is 5.93. The standard InChI is InChI=1S/C14H18N2O4/c1-9-3-6-12(20-2)11(7-9)15-14(19)16(8-13(17)18)10-4-5-10/h3,6-7,10H,4-5,8H2,1-2H3,(H,15,19)(H,17,18). The van der Waals surface area contributed by atoms with Crippen LogP contribution in [-0.2, 0) is 4.79 Å². The summed E-state index contributed by atoms with van der Waals surface area (Å²) in [5.74, 6) is -0.460. The number of rotatable bonds is 5. The number of urea groups is 1. The van der Waals surface area contributed by atoms with Crippen LogP contribution in [0, 0.1) is 6.92 Å². The second-order valence-electron chi connectivity index (χ2n) is 4.89. The Kier molecular flexibility index (Phi) is 4.12. The third kappa shape index (κ3) is 3.40. The first kappa shape index (κ1) is 14.2. The molecular formula is C14H18N2O4. The maximum atomic E-state index is 12.2. The molecule has 2 N–H and O–H groups in total. The fraction of sp³-hybridized carbons (Fsp3) is 0.429. The minimum atomic E-state index is -1.01. The maximum Gasteiger partial charge on any atom is 0.323 e. The maximum absolute atomic E-state index is 12.2. The van der Waals surface area contributed by atoms with Crippen molar-refractivity contribution in [2.24, 2.45) is 0 Å². The molecule has 0 saturated heterocycles. The molecule has 0 heterocycles. The van der Waals surface area contributed by atoms with Gasteiger partial charge in [-0.1, -0.05) is 6.07 Å². The summed E-state index contributed by atoms with van der Waals surface area (Å²) in [6.45, 7) is 1.62. The molecule has 0 unspecified atom stereocenters. The number of benzene rings is 1. The molecule has 1 aliphatic rings. The molecule has 6 nitrogen and oxygen atoms in total. The number of hydrogen-bond donors (Lipinski definition) is 2. The molecule has 108 valence electrons. The molecule has 1 aromatic rings. The summed E-state index contributed by atoms with van der Waals surface area (Å²) in [7, 11) is 1.52. The zero-order chi connectivity index (χ0) is 14.7. The first-order valence-electron chi connectivity index (χ1n) is 6.45. The Morgan fingerprint density at radius 2 is 2.15 bits per heavy atom. The van der Waals surface area contributed by atoms with Gasteiger partial charge in [0.05, 0.1) is 12.8 Å². The number of carboxylic acids is 1. The molecule has 0 radical (unpaired) electrons. The first-order valence-corrected chi connectivity index (χ1v) is 6.45. The second kappa shape index (κ2) is 5.81. The van der Waals surface area contributed by atoms with Crippen LogP contribution in [0.2, 0.25) is 0 Å². The van der Waals surface area contributed by atoms with E-state index >= 15 is 0 Å². The van der Waals surface area contributed by atoms with Crippen molar-refractivity contribution in [3.05, 3.63) is 23.8 Å². The fourth-order valence-electron chi connectivity index (χ4n) is 2.01. The lowest BCUT2D eigenvalue weighted by molar-refractivity contribution is -0.137. The van der Waals surface area contributed by atoms with E-state index in [-0.39, 0.29) is 12.6 Å². The van der Waals surface area contributed by atoms with Crippen LogP contribution in [0.5, 0.6) is 5.75 Å². The topological polar surface area (TPSA) is 78.9 Å². The zero-order valence-electron chi connectivity index (χ0n) is 11.5. The predicted octanol–water partition coefficient (Wildman–Crippen LogP) is 2.08. The van der Waals surface area contributed by atoms with Crippen LogP contribution >= 0.6 is 0 Å². The van der Waals surface area contributed by atoms with Gasteiger partial charge in [-0.3, -0.25) is 4.79 Å². The average Bonchev–Trinajstić information content (AvgIpc) is 3.20. The number of aryl methyl sites for hydroxylation is 1. The van der Waals surface area contributed by atoms with Crippen LogP contribution in [-0.4, -0.2) is 41.7 Å². The van der Waals surface area contributed by atoms with Crippen LogP contribution in [0.15, 0.2) is 18.2 Å². The van der Waals surface area contributed by atoms with E-state index < -0.39 is 12.0 Å². The van der Waals surface area contributed by atoms with Gasteiger partial charge in [0.2, 0.25) is 0 Å². The Hall–Kier alpha value is -2.24. The number of anilines is 1. The van der Waals surface area contributed by atoms with Crippen molar-refractivity contribution in [1.29, 1.82) is 0 Å². The SMILES string of the molecule is COc1ccc(C)cc1NC(=O)N(CC(=O)O)C1CC1. The summed E-state index contributed by atoms with van der Waals surface area (Å²) in [6.07, 6.45) is 1.71. The predicted molar refractivity (Wildman–Crippen MR) is 74.1 cm³/mol. The summed E-state index contributed by atoms with van der Waals surface area (Å²) in [5, 5.41) is 11.6. The Morgan fingerprint density at radius 3 is 2.70 bits per heavy atom. The monoisotopic (exact) mass is 278 g/mol. The van der Waals surface area contributed by atoms with Gasteiger partial charge in [-0.2, -0.15) is 0 Å². The van der Waals surface area contributed by atoms with E-state index in [1.54, 1.807) is 12.1 Å². The number of aliphatic carboxylic acids is 1. The largest absolute Gasteiger partial charge is 0.495 e. The van der Waals surface area contributed by atoms with Gasteiger partial charge in [0, 0.05) is 6.04 Å². The number of nitrogens with one attached hydrogen (secondary N) is 1. The molecule has 6 heteroatoms. The number of nitrogens with zero attached hydrogens (tertiary/aromatic N) is 1. The molecule has 1 aliphatic carbocycles. The highest BCUT2D eigenvalue weighted by Gasteiger charge is 2.34. The van der Waals surface area contributed by atoms with Gasteiger partial charge in [0.1, 0.15) is 12.3 Å². The van der Waals surface area contributed by atoms with Crippen LogP contribution in [0.1, 0.15) is 18.4 Å². The van der Waals surface area contributed by atoms with Crippen molar-refractivity contribution in [2.45, 2.75) is 25.8 Å². The van der Waals surface area contributed by atoms with Crippen LogP contribution in [0.3, 0.4) is 0 Å². The Balaban J connectivity index is 2.13. The lowest BCUT2D eigenvalue weighted by atomic mass is 10.2. The molecule has 0 aliphatic heterocycles. The van der Waals surface area contributed by atoms with Gasteiger partial charge in [-0.15, -0.1) is 0 Å². The van der Waals surface area contributed by atoms with Gasteiger partial charge >= 0.3 is 12.0 Å². The van der Waals surface area contributed by atoms with Crippen LogP contribution in [0.4, 0.5) is 10.5 Å². The molecule has 0 atom stereocenters. The quantitative estimate of drug-likeness (QED) is 0.864. The fourth-order valence-corrected chi connectivity index (χ4v) is 2.01. The molecule has 0 bridgehead atoms. The lowest BCUT2D eigenvalue weighted by Crippen LogP contribution is -2.40. The Labute approximate surface area is 117 Å². The van der Waals surface area contributed by atoms with E-state index in [1.807, 2.05) is 13.0 Å². The van der Waals surface area contributed by atoms with Crippen molar-refractivity contribution in [3.63, 3.8) is 0 Å². The first-order chi connectivity index (χ1) is 9.51. The Bertz CT molecular complexity index is 526. The molecule has 2 rings (SSSR count). The Morgan fingerprint density at radius 1 is 1.45 bits per heavy atom. The van der Waals surface area contributed by atoms with E-state index in [1.165, 1.54) is 12.0 Å². The summed E-state index contributed by atoms with van der Waals surface area (Å²) in [5.41, 5.74) is 1.53. The van der Waals surface area contributed by atoms with Crippen molar-refractivity contribution in [3.8, 4) is 5.75 Å². The normalized spacial score (nSPS) is 13.7. The number of hydrogen-bond acceptors (Lipinski definition) is 3. The molecule has 1 saturated carbocycles. The van der Waals surface area contributed by atoms with E-state index in [9.17, 15) is 9.59 Å². The highest BCUT2D eigenvalue weighted by Crippen LogP contribution is 2.29. The molecule has 2 amide bonds. The minimum Gasteiger partial charge on any atom is -0.495 e. The number of amides is 2. The van der Waals surface area contributed by atoms with E-state index in [2.05, 4.69) is 5.32 Å². The van der Waals surface area contributed by atoms with Crippen LogP contribution < -0.4 is 10.1 Å². The number of carboxylic acid groups (broad SMARTS) is 1. The summed E-state index contributed by atoms with van der Waals surface area (Å²) in [4.78, 5) is 24.4.